The molecule has 1 N–H and O–H groups in total. The highest BCUT2D eigenvalue weighted by atomic mass is 35.5. The summed E-state index contributed by atoms with van der Waals surface area (Å²) in [5.74, 6) is -0.426. The van der Waals surface area contributed by atoms with Crippen LogP contribution in [0.1, 0.15) is 13.8 Å². The van der Waals surface area contributed by atoms with Gasteiger partial charge in [-0.3, -0.25) is 0 Å². The van der Waals surface area contributed by atoms with Gasteiger partial charge in [0.25, 0.3) is 0 Å². The topological polar surface area (TPSA) is 15.3 Å². The van der Waals surface area contributed by atoms with E-state index in [9.17, 15) is 4.39 Å². The molecule has 0 unspecified atom stereocenters. The first-order chi connectivity index (χ1) is 7.47. The van der Waals surface area contributed by atoms with E-state index in [0.29, 0.717) is 5.11 Å². The third-order valence-corrected chi connectivity index (χ3v) is 2.82. The van der Waals surface area contributed by atoms with E-state index in [2.05, 4.69) is 5.32 Å². The molecule has 0 aliphatic rings. The summed E-state index contributed by atoms with van der Waals surface area (Å²) in [5, 5.41) is 3.58. The average molecular weight is 261 g/mol. The molecule has 1 aromatic carbocycles. The van der Waals surface area contributed by atoms with Gasteiger partial charge in [-0.1, -0.05) is 11.6 Å². The van der Waals surface area contributed by atoms with E-state index in [1.807, 2.05) is 18.7 Å². The normalized spacial score (nSPS) is 10.4. The van der Waals surface area contributed by atoms with Crippen molar-refractivity contribution in [3.63, 3.8) is 0 Å². The van der Waals surface area contributed by atoms with Crippen LogP contribution in [0.4, 0.5) is 10.1 Å². The fourth-order valence-corrected chi connectivity index (χ4v) is 1.90. The molecule has 2 nitrogen and oxygen atoms in total. The number of hydrogen-bond acceptors (Lipinski definition) is 1. The van der Waals surface area contributed by atoms with Crippen LogP contribution in [0, 0.1) is 5.82 Å². The zero-order valence-electron chi connectivity index (χ0n) is 9.42. The number of halogens is 2. The van der Waals surface area contributed by atoms with Crippen molar-refractivity contribution in [2.75, 3.05) is 11.9 Å². The SMILES string of the molecule is CNC(=S)N(c1ccc(F)c(Cl)c1)C(C)C. The van der Waals surface area contributed by atoms with Crippen molar-refractivity contribution >= 4 is 34.6 Å². The molecule has 0 spiro atoms. The van der Waals surface area contributed by atoms with Gasteiger partial charge >= 0.3 is 0 Å². The molecular formula is C11H14ClFN2S. The van der Waals surface area contributed by atoms with Gasteiger partial charge in [0.15, 0.2) is 5.11 Å². The zero-order chi connectivity index (χ0) is 12.3. The minimum atomic E-state index is -0.426. The first-order valence-corrected chi connectivity index (χ1v) is 5.72. The molecule has 0 bridgehead atoms. The fraction of sp³-hybridized carbons (Fsp3) is 0.364. The maximum Gasteiger partial charge on any atom is 0.173 e. The van der Waals surface area contributed by atoms with E-state index in [1.54, 1.807) is 19.2 Å². The Bertz CT molecular complexity index is 396. The Balaban J connectivity index is 3.11. The van der Waals surface area contributed by atoms with E-state index in [4.69, 9.17) is 23.8 Å². The van der Waals surface area contributed by atoms with Crippen LogP contribution < -0.4 is 10.2 Å². The van der Waals surface area contributed by atoms with Crippen LogP contribution in [0.2, 0.25) is 5.02 Å². The van der Waals surface area contributed by atoms with Crippen molar-refractivity contribution in [2.24, 2.45) is 0 Å². The molecule has 5 heteroatoms. The van der Waals surface area contributed by atoms with E-state index >= 15 is 0 Å². The summed E-state index contributed by atoms with van der Waals surface area (Å²) in [7, 11) is 1.75. The molecule has 0 saturated heterocycles. The van der Waals surface area contributed by atoms with Gasteiger partial charge in [-0.05, 0) is 44.3 Å². The highest BCUT2D eigenvalue weighted by molar-refractivity contribution is 7.80. The number of nitrogens with one attached hydrogen (secondary N) is 1. The summed E-state index contributed by atoms with van der Waals surface area (Å²) in [6.07, 6.45) is 0. The first kappa shape index (κ1) is 13.2. The monoisotopic (exact) mass is 260 g/mol. The van der Waals surface area contributed by atoms with Gasteiger partial charge in [0.1, 0.15) is 5.82 Å². The third kappa shape index (κ3) is 2.83. The number of benzene rings is 1. The predicted octanol–water partition coefficient (Wildman–Crippen LogP) is 3.20. The average Bonchev–Trinajstić information content (AvgIpc) is 2.22. The van der Waals surface area contributed by atoms with Gasteiger partial charge in [0.2, 0.25) is 0 Å². The third-order valence-electron chi connectivity index (χ3n) is 2.13. The van der Waals surface area contributed by atoms with Crippen LogP contribution in [0.3, 0.4) is 0 Å². The molecule has 16 heavy (non-hydrogen) atoms. The highest BCUT2D eigenvalue weighted by Crippen LogP contribution is 2.24. The maximum atomic E-state index is 13.0. The summed E-state index contributed by atoms with van der Waals surface area (Å²) in [6, 6.07) is 4.73. The minimum Gasteiger partial charge on any atom is -0.365 e. The van der Waals surface area contributed by atoms with E-state index in [-0.39, 0.29) is 11.1 Å². The molecule has 0 fully saturated rings. The summed E-state index contributed by atoms with van der Waals surface area (Å²) in [6.45, 7) is 4.00. The van der Waals surface area contributed by atoms with Crippen LogP contribution in [0.15, 0.2) is 18.2 Å². The molecule has 1 rings (SSSR count). The van der Waals surface area contributed by atoms with Crippen LogP contribution in [0.25, 0.3) is 0 Å². The molecule has 1 aromatic rings. The fourth-order valence-electron chi connectivity index (χ4n) is 1.41. The molecule has 0 atom stereocenters. The second-order valence-corrected chi connectivity index (χ2v) is 4.41. The largest absolute Gasteiger partial charge is 0.365 e. The Morgan fingerprint density at radius 1 is 1.50 bits per heavy atom. The Kier molecular flexibility index (Phi) is 4.50. The van der Waals surface area contributed by atoms with Crippen LogP contribution in [0.5, 0.6) is 0 Å². The number of nitrogens with zero attached hydrogens (tertiary/aromatic N) is 1. The smallest absolute Gasteiger partial charge is 0.173 e. The number of hydrogen-bond donors (Lipinski definition) is 1. The summed E-state index contributed by atoms with van der Waals surface area (Å²) < 4.78 is 13.0. The molecule has 0 aliphatic heterocycles. The standard InChI is InChI=1S/C11H14ClFN2S/c1-7(2)15(11(16)14-3)8-4-5-10(13)9(12)6-8/h4-7H,1-3H3,(H,14,16). The van der Waals surface area contributed by atoms with E-state index in [0.717, 1.165) is 5.69 Å². The lowest BCUT2D eigenvalue weighted by atomic mass is 10.2. The predicted molar refractivity (Wildman–Crippen MR) is 70.7 cm³/mol. The minimum absolute atomic E-state index is 0.0991. The van der Waals surface area contributed by atoms with Crippen LogP contribution in [-0.4, -0.2) is 18.2 Å². The Hall–Kier alpha value is -0.870. The van der Waals surface area contributed by atoms with Gasteiger partial charge < -0.3 is 10.2 Å². The van der Waals surface area contributed by atoms with Crippen molar-refractivity contribution in [3.8, 4) is 0 Å². The van der Waals surface area contributed by atoms with E-state index in [1.165, 1.54) is 6.07 Å². The van der Waals surface area contributed by atoms with Crippen molar-refractivity contribution < 1.29 is 4.39 Å². The molecule has 0 amide bonds. The molecule has 88 valence electrons. The van der Waals surface area contributed by atoms with Crippen LogP contribution >= 0.6 is 23.8 Å². The van der Waals surface area contributed by atoms with Gasteiger partial charge in [-0.25, -0.2) is 4.39 Å². The van der Waals surface area contributed by atoms with Crippen molar-refractivity contribution in [3.05, 3.63) is 29.0 Å². The van der Waals surface area contributed by atoms with Gasteiger partial charge in [0.05, 0.1) is 5.02 Å². The molecule has 0 aliphatic carbocycles. The Morgan fingerprint density at radius 2 is 2.12 bits per heavy atom. The van der Waals surface area contributed by atoms with Crippen molar-refractivity contribution in [1.29, 1.82) is 0 Å². The number of rotatable bonds is 2. The Morgan fingerprint density at radius 3 is 2.56 bits per heavy atom. The van der Waals surface area contributed by atoms with Gasteiger partial charge in [0, 0.05) is 18.8 Å². The quantitative estimate of drug-likeness (QED) is 0.822. The molecular weight excluding hydrogens is 247 g/mol. The lowest BCUT2D eigenvalue weighted by molar-refractivity contribution is 0.628. The van der Waals surface area contributed by atoms with Crippen LogP contribution in [-0.2, 0) is 0 Å². The lowest BCUT2D eigenvalue weighted by Crippen LogP contribution is -2.42. The number of anilines is 1. The second kappa shape index (κ2) is 5.46. The van der Waals surface area contributed by atoms with E-state index < -0.39 is 5.82 Å². The first-order valence-electron chi connectivity index (χ1n) is 4.93. The second-order valence-electron chi connectivity index (χ2n) is 3.62. The molecule has 0 radical (unpaired) electrons. The summed E-state index contributed by atoms with van der Waals surface area (Å²) >= 11 is 10.9. The highest BCUT2D eigenvalue weighted by Gasteiger charge is 2.15. The van der Waals surface area contributed by atoms with Gasteiger partial charge in [-0.2, -0.15) is 0 Å². The van der Waals surface area contributed by atoms with Gasteiger partial charge in [-0.15, -0.1) is 0 Å². The molecule has 0 saturated carbocycles. The van der Waals surface area contributed by atoms with Crippen molar-refractivity contribution in [2.45, 2.75) is 19.9 Å². The molecule has 0 heterocycles. The zero-order valence-corrected chi connectivity index (χ0v) is 11.0. The maximum absolute atomic E-state index is 13.0. The lowest BCUT2D eigenvalue weighted by Gasteiger charge is -2.29. The van der Waals surface area contributed by atoms with Crippen molar-refractivity contribution in [1.82, 2.24) is 5.32 Å². The summed E-state index contributed by atoms with van der Waals surface area (Å²) in [5.41, 5.74) is 0.778. The number of thiocarbonyl (C=S) groups is 1. The Labute approximate surface area is 105 Å². The molecule has 0 aromatic heterocycles. The summed E-state index contributed by atoms with van der Waals surface area (Å²) in [4.78, 5) is 1.88.